The number of carbonyl (C=O) groups is 2. The van der Waals surface area contributed by atoms with Gasteiger partial charge in [-0.15, -0.1) is 22.7 Å². The number of esters is 1. The molecule has 23 heavy (non-hydrogen) atoms. The number of methoxy groups -OCH3 is 1. The monoisotopic (exact) mass is 344 g/mol. The number of thiophene rings is 1. The van der Waals surface area contributed by atoms with Crippen molar-refractivity contribution in [2.24, 2.45) is 0 Å². The minimum Gasteiger partial charge on any atom is -0.465 e. The van der Waals surface area contributed by atoms with Crippen LogP contribution in [-0.2, 0) is 4.74 Å². The van der Waals surface area contributed by atoms with Crippen molar-refractivity contribution in [1.29, 1.82) is 0 Å². The number of thiazole rings is 1. The zero-order valence-corrected chi connectivity index (χ0v) is 13.7. The number of hydrogen-bond donors (Lipinski definition) is 1. The number of benzene rings is 1. The van der Waals surface area contributed by atoms with Crippen LogP contribution in [-0.4, -0.2) is 24.0 Å². The lowest BCUT2D eigenvalue weighted by atomic mass is 10.1. The molecule has 0 aliphatic heterocycles. The highest BCUT2D eigenvalue weighted by atomic mass is 32.1. The van der Waals surface area contributed by atoms with Gasteiger partial charge in [0.2, 0.25) is 0 Å². The number of nitrogens with zero attached hydrogens (tertiary/aromatic N) is 1. The summed E-state index contributed by atoms with van der Waals surface area (Å²) >= 11 is 2.92. The second-order valence-electron chi connectivity index (χ2n) is 4.51. The number of rotatable bonds is 4. The van der Waals surface area contributed by atoms with Crippen molar-refractivity contribution < 1.29 is 14.3 Å². The maximum absolute atomic E-state index is 12.4. The fraction of sp³-hybridized carbons (Fsp3) is 0.0625. The van der Waals surface area contributed by atoms with Gasteiger partial charge in [0, 0.05) is 5.38 Å². The molecule has 1 aromatic carbocycles. The fourth-order valence-corrected chi connectivity index (χ4v) is 3.47. The number of anilines is 1. The lowest BCUT2D eigenvalue weighted by molar-refractivity contribution is 0.0597. The SMILES string of the molecule is COC(=O)c1ccccc1C(=O)Nc1nc(-c2cccs2)cs1. The van der Waals surface area contributed by atoms with E-state index in [4.69, 9.17) is 4.74 Å². The summed E-state index contributed by atoms with van der Waals surface area (Å²) in [5.74, 6) is -0.938. The number of ether oxygens (including phenoxy) is 1. The molecule has 0 radical (unpaired) electrons. The van der Waals surface area contributed by atoms with Crippen molar-refractivity contribution in [3.8, 4) is 10.6 Å². The second kappa shape index (κ2) is 6.72. The highest BCUT2D eigenvalue weighted by Crippen LogP contribution is 2.28. The minimum atomic E-state index is -0.547. The third kappa shape index (κ3) is 3.30. The molecule has 116 valence electrons. The number of nitrogens with one attached hydrogen (secondary N) is 1. The van der Waals surface area contributed by atoms with E-state index in [1.165, 1.54) is 18.4 Å². The maximum Gasteiger partial charge on any atom is 0.338 e. The molecular weight excluding hydrogens is 332 g/mol. The number of amides is 1. The zero-order chi connectivity index (χ0) is 16.2. The van der Waals surface area contributed by atoms with Gasteiger partial charge in [0.05, 0.1) is 28.8 Å². The van der Waals surface area contributed by atoms with Crippen LogP contribution < -0.4 is 5.32 Å². The zero-order valence-electron chi connectivity index (χ0n) is 12.1. The minimum absolute atomic E-state index is 0.225. The molecule has 0 saturated heterocycles. The Bertz CT molecular complexity index is 841. The van der Waals surface area contributed by atoms with Gasteiger partial charge in [0.1, 0.15) is 0 Å². The van der Waals surface area contributed by atoms with Crippen molar-refractivity contribution in [2.45, 2.75) is 0 Å². The largest absolute Gasteiger partial charge is 0.465 e. The second-order valence-corrected chi connectivity index (χ2v) is 6.31. The van der Waals surface area contributed by atoms with Crippen molar-refractivity contribution in [1.82, 2.24) is 4.98 Å². The molecule has 0 aliphatic rings. The highest BCUT2D eigenvalue weighted by Gasteiger charge is 2.18. The molecule has 0 saturated carbocycles. The van der Waals surface area contributed by atoms with E-state index in [1.807, 2.05) is 22.9 Å². The topological polar surface area (TPSA) is 68.3 Å². The van der Waals surface area contributed by atoms with Gasteiger partial charge in [-0.05, 0) is 23.6 Å². The predicted molar refractivity (Wildman–Crippen MR) is 91.2 cm³/mol. The molecule has 0 bridgehead atoms. The smallest absolute Gasteiger partial charge is 0.338 e. The summed E-state index contributed by atoms with van der Waals surface area (Å²) in [4.78, 5) is 29.6. The Morgan fingerprint density at radius 3 is 2.57 bits per heavy atom. The van der Waals surface area contributed by atoms with Crippen LogP contribution in [0, 0.1) is 0 Å². The van der Waals surface area contributed by atoms with E-state index in [0.29, 0.717) is 5.13 Å². The number of aromatic nitrogens is 1. The van der Waals surface area contributed by atoms with Crippen LogP contribution >= 0.6 is 22.7 Å². The van der Waals surface area contributed by atoms with Crippen LogP contribution in [0.25, 0.3) is 10.6 Å². The van der Waals surface area contributed by atoms with E-state index in [-0.39, 0.29) is 11.1 Å². The molecule has 0 atom stereocenters. The molecule has 0 spiro atoms. The molecule has 3 aromatic rings. The van der Waals surface area contributed by atoms with Gasteiger partial charge < -0.3 is 4.74 Å². The quantitative estimate of drug-likeness (QED) is 0.729. The lowest BCUT2D eigenvalue weighted by Gasteiger charge is -2.06. The fourth-order valence-electron chi connectivity index (χ4n) is 2.00. The van der Waals surface area contributed by atoms with Gasteiger partial charge in [-0.3, -0.25) is 10.1 Å². The first-order valence-electron chi connectivity index (χ1n) is 6.67. The molecule has 0 aliphatic carbocycles. The molecule has 7 heteroatoms. The average Bonchev–Trinajstić information content (AvgIpc) is 3.25. The van der Waals surface area contributed by atoms with E-state index in [1.54, 1.807) is 35.6 Å². The summed E-state index contributed by atoms with van der Waals surface area (Å²) in [5.41, 5.74) is 1.30. The van der Waals surface area contributed by atoms with Crippen LogP contribution in [0.15, 0.2) is 47.2 Å². The third-order valence-electron chi connectivity index (χ3n) is 3.08. The Labute approximate surface area is 140 Å². The Morgan fingerprint density at radius 2 is 1.87 bits per heavy atom. The summed E-state index contributed by atoms with van der Waals surface area (Å²) in [7, 11) is 1.28. The standard InChI is InChI=1S/C16H12N2O3S2/c1-21-15(20)11-6-3-2-5-10(11)14(19)18-16-17-12(9-23-16)13-7-4-8-22-13/h2-9H,1H3,(H,17,18,19). The van der Waals surface area contributed by atoms with E-state index in [2.05, 4.69) is 10.3 Å². The van der Waals surface area contributed by atoms with Gasteiger partial charge in [0.15, 0.2) is 5.13 Å². The van der Waals surface area contributed by atoms with Gasteiger partial charge in [-0.1, -0.05) is 18.2 Å². The number of carbonyl (C=O) groups excluding carboxylic acids is 2. The predicted octanol–water partition coefficient (Wildman–Crippen LogP) is 3.91. The first-order valence-corrected chi connectivity index (χ1v) is 8.43. The highest BCUT2D eigenvalue weighted by molar-refractivity contribution is 7.16. The van der Waals surface area contributed by atoms with Crippen molar-refractivity contribution in [3.05, 3.63) is 58.3 Å². The first-order chi connectivity index (χ1) is 11.2. The Kier molecular flexibility index (Phi) is 4.50. The summed E-state index contributed by atoms with van der Waals surface area (Å²) in [6.45, 7) is 0. The van der Waals surface area contributed by atoms with Crippen molar-refractivity contribution in [3.63, 3.8) is 0 Å². The number of hydrogen-bond acceptors (Lipinski definition) is 6. The maximum atomic E-state index is 12.4. The van der Waals surface area contributed by atoms with E-state index >= 15 is 0 Å². The van der Waals surface area contributed by atoms with Crippen molar-refractivity contribution >= 4 is 39.7 Å². The van der Waals surface area contributed by atoms with Crippen LogP contribution in [0.1, 0.15) is 20.7 Å². The molecule has 1 N–H and O–H groups in total. The van der Waals surface area contributed by atoms with Gasteiger partial charge in [-0.2, -0.15) is 0 Å². The van der Waals surface area contributed by atoms with Crippen LogP contribution in [0.5, 0.6) is 0 Å². The van der Waals surface area contributed by atoms with E-state index < -0.39 is 11.9 Å². The molecular formula is C16H12N2O3S2. The Balaban J connectivity index is 1.82. The molecule has 0 fully saturated rings. The summed E-state index contributed by atoms with van der Waals surface area (Å²) in [5, 5.41) is 7.06. The van der Waals surface area contributed by atoms with E-state index in [9.17, 15) is 9.59 Å². The van der Waals surface area contributed by atoms with Crippen LogP contribution in [0.3, 0.4) is 0 Å². The van der Waals surface area contributed by atoms with Crippen LogP contribution in [0.4, 0.5) is 5.13 Å². The van der Waals surface area contributed by atoms with Gasteiger partial charge >= 0.3 is 5.97 Å². The summed E-state index contributed by atoms with van der Waals surface area (Å²) in [6.07, 6.45) is 0. The molecule has 5 nitrogen and oxygen atoms in total. The van der Waals surface area contributed by atoms with Gasteiger partial charge in [0.25, 0.3) is 5.91 Å². The third-order valence-corrected chi connectivity index (χ3v) is 4.73. The Hall–Kier alpha value is -2.51. The molecule has 2 heterocycles. The lowest BCUT2D eigenvalue weighted by Crippen LogP contribution is -2.17. The Morgan fingerprint density at radius 1 is 1.09 bits per heavy atom. The summed E-state index contributed by atoms with van der Waals surface area (Å²) < 4.78 is 4.70. The molecule has 2 aromatic heterocycles. The van der Waals surface area contributed by atoms with Crippen LogP contribution in [0.2, 0.25) is 0 Å². The average molecular weight is 344 g/mol. The van der Waals surface area contributed by atoms with E-state index in [0.717, 1.165) is 10.6 Å². The van der Waals surface area contributed by atoms with Gasteiger partial charge in [-0.25, -0.2) is 9.78 Å². The normalized spacial score (nSPS) is 10.3. The molecule has 3 rings (SSSR count). The van der Waals surface area contributed by atoms with Crippen molar-refractivity contribution in [2.75, 3.05) is 12.4 Å². The first kappa shape index (κ1) is 15.4. The molecule has 1 amide bonds. The molecule has 0 unspecified atom stereocenters. The summed E-state index contributed by atoms with van der Waals surface area (Å²) in [6, 6.07) is 10.4.